The normalized spacial score (nSPS) is 10.9. The number of ether oxygens (including phenoxy) is 1. The Morgan fingerprint density at radius 1 is 1.43 bits per heavy atom. The van der Waals surface area contributed by atoms with E-state index < -0.39 is 5.56 Å². The maximum absolute atomic E-state index is 12.6. The molecule has 0 amide bonds. The number of rotatable bonds is 5. The Balaban J connectivity index is 2.08. The number of hydrogen-bond donors (Lipinski definition) is 1. The van der Waals surface area contributed by atoms with Crippen LogP contribution in [0.5, 0.6) is 11.6 Å². The molecule has 0 unspecified atom stereocenters. The summed E-state index contributed by atoms with van der Waals surface area (Å²) in [6, 6.07) is 10.2. The average Bonchev–Trinajstić information content (AvgIpc) is 3.19. The minimum Gasteiger partial charge on any atom is -0.495 e. The molecule has 0 radical (unpaired) electrons. The van der Waals surface area contributed by atoms with Crippen molar-refractivity contribution in [2.45, 2.75) is 13.5 Å². The lowest BCUT2D eigenvalue weighted by Gasteiger charge is -2.13. The van der Waals surface area contributed by atoms with Crippen molar-refractivity contribution in [2.24, 2.45) is 4.99 Å². The number of aromatic nitrogens is 1. The zero-order valence-corrected chi connectivity index (χ0v) is 15.9. The smallest absolute Gasteiger partial charge is 0.271 e. The highest BCUT2D eigenvalue weighted by molar-refractivity contribution is 6.32. The van der Waals surface area contributed by atoms with E-state index in [1.165, 1.54) is 19.6 Å². The first-order valence-electron chi connectivity index (χ1n) is 8.22. The van der Waals surface area contributed by atoms with Gasteiger partial charge in [-0.25, -0.2) is 0 Å². The van der Waals surface area contributed by atoms with Crippen LogP contribution in [0.25, 0.3) is 0 Å². The van der Waals surface area contributed by atoms with Crippen LogP contribution in [0.15, 0.2) is 50.8 Å². The van der Waals surface area contributed by atoms with E-state index in [0.717, 1.165) is 4.57 Å². The van der Waals surface area contributed by atoms with Crippen molar-refractivity contribution in [1.29, 1.82) is 5.26 Å². The number of nitrogens with zero attached hydrogens (tertiary/aromatic N) is 3. The summed E-state index contributed by atoms with van der Waals surface area (Å²) in [7, 11) is 1.51. The van der Waals surface area contributed by atoms with Gasteiger partial charge in [-0.2, -0.15) is 5.26 Å². The van der Waals surface area contributed by atoms with E-state index in [2.05, 4.69) is 4.99 Å². The minimum absolute atomic E-state index is 0.0121. The average molecular weight is 398 g/mol. The van der Waals surface area contributed by atoms with Gasteiger partial charge < -0.3 is 14.3 Å². The van der Waals surface area contributed by atoms with Crippen LogP contribution < -0.4 is 10.3 Å². The Bertz CT molecular complexity index is 1140. The summed E-state index contributed by atoms with van der Waals surface area (Å²) in [6.45, 7) is 1.57. The van der Waals surface area contributed by atoms with Crippen LogP contribution in [-0.2, 0) is 6.54 Å². The molecule has 1 N–H and O–H groups in total. The second-order valence-corrected chi connectivity index (χ2v) is 6.30. The lowest BCUT2D eigenvalue weighted by Crippen LogP contribution is -2.25. The highest BCUT2D eigenvalue weighted by atomic mass is 35.5. The Morgan fingerprint density at radius 3 is 2.82 bits per heavy atom. The third-order valence-electron chi connectivity index (χ3n) is 4.22. The molecule has 3 rings (SSSR count). The lowest BCUT2D eigenvalue weighted by atomic mass is 10.1. The molecule has 0 saturated carbocycles. The van der Waals surface area contributed by atoms with Crippen molar-refractivity contribution >= 4 is 23.5 Å². The van der Waals surface area contributed by atoms with Crippen LogP contribution >= 0.6 is 11.6 Å². The fourth-order valence-electron chi connectivity index (χ4n) is 2.71. The number of benzene rings is 1. The van der Waals surface area contributed by atoms with Gasteiger partial charge in [0.15, 0.2) is 0 Å². The number of hydrogen-bond acceptors (Lipinski definition) is 6. The Kier molecular flexibility index (Phi) is 5.52. The van der Waals surface area contributed by atoms with Crippen molar-refractivity contribution < 1.29 is 14.3 Å². The summed E-state index contributed by atoms with van der Waals surface area (Å²) in [4.78, 5) is 16.9. The third kappa shape index (κ3) is 3.63. The van der Waals surface area contributed by atoms with Gasteiger partial charge in [-0.15, -0.1) is 0 Å². The second kappa shape index (κ2) is 8.03. The zero-order valence-electron chi connectivity index (χ0n) is 15.1. The van der Waals surface area contributed by atoms with Gasteiger partial charge in [-0.1, -0.05) is 11.6 Å². The Morgan fingerprint density at radius 2 is 2.21 bits per heavy atom. The largest absolute Gasteiger partial charge is 0.495 e. The molecule has 0 fully saturated rings. The molecule has 3 aromatic rings. The molecule has 2 heterocycles. The molecule has 0 aliphatic heterocycles. The summed E-state index contributed by atoms with van der Waals surface area (Å²) in [5.41, 5.74) is 0.447. The number of furan rings is 1. The fourth-order valence-corrected chi connectivity index (χ4v) is 2.96. The highest BCUT2D eigenvalue weighted by Crippen LogP contribution is 2.29. The predicted octanol–water partition coefficient (Wildman–Crippen LogP) is 3.79. The van der Waals surface area contributed by atoms with Crippen LogP contribution in [0.4, 0.5) is 5.69 Å². The van der Waals surface area contributed by atoms with Crippen LogP contribution in [-0.4, -0.2) is 23.0 Å². The number of pyridine rings is 1. The molecule has 7 nitrogen and oxygen atoms in total. The van der Waals surface area contributed by atoms with Gasteiger partial charge in [0.1, 0.15) is 23.1 Å². The summed E-state index contributed by atoms with van der Waals surface area (Å²) in [5, 5.41) is 20.4. The molecule has 0 spiro atoms. The van der Waals surface area contributed by atoms with E-state index >= 15 is 0 Å². The first-order valence-corrected chi connectivity index (χ1v) is 8.60. The molecule has 2 aromatic heterocycles. The minimum atomic E-state index is -0.599. The van der Waals surface area contributed by atoms with E-state index in [1.54, 1.807) is 37.3 Å². The molecule has 142 valence electrons. The first-order chi connectivity index (χ1) is 13.5. The van der Waals surface area contributed by atoms with Gasteiger partial charge in [-0.05, 0) is 42.8 Å². The molecule has 0 aliphatic rings. The zero-order chi connectivity index (χ0) is 20.3. The van der Waals surface area contributed by atoms with Crippen molar-refractivity contribution in [3.63, 3.8) is 0 Å². The molecule has 0 aliphatic carbocycles. The van der Waals surface area contributed by atoms with Crippen molar-refractivity contribution in [3.8, 4) is 17.7 Å². The van der Waals surface area contributed by atoms with Crippen molar-refractivity contribution in [2.75, 3.05) is 7.11 Å². The van der Waals surface area contributed by atoms with Crippen LogP contribution in [0.2, 0.25) is 5.02 Å². The molecule has 0 bridgehead atoms. The number of halogens is 1. The topological polar surface area (TPSA) is 101 Å². The predicted molar refractivity (Wildman–Crippen MR) is 105 cm³/mol. The van der Waals surface area contributed by atoms with Crippen LogP contribution in [0, 0.1) is 18.3 Å². The van der Waals surface area contributed by atoms with Gasteiger partial charge in [0, 0.05) is 6.21 Å². The monoisotopic (exact) mass is 397 g/mol. The number of aromatic hydroxyl groups is 1. The number of nitriles is 1. The number of aliphatic imine (C=N–C) groups is 1. The maximum atomic E-state index is 12.6. The molecule has 28 heavy (non-hydrogen) atoms. The summed E-state index contributed by atoms with van der Waals surface area (Å²) >= 11 is 6.10. The van der Waals surface area contributed by atoms with Crippen molar-refractivity contribution in [3.05, 3.63) is 74.4 Å². The van der Waals surface area contributed by atoms with Gasteiger partial charge in [0.2, 0.25) is 5.88 Å². The third-order valence-corrected chi connectivity index (χ3v) is 4.51. The van der Waals surface area contributed by atoms with E-state index in [1.807, 2.05) is 6.07 Å². The van der Waals surface area contributed by atoms with Crippen molar-refractivity contribution in [1.82, 2.24) is 4.57 Å². The van der Waals surface area contributed by atoms with E-state index in [9.17, 15) is 15.2 Å². The fraction of sp³-hybridized carbons (Fsp3) is 0.150. The van der Waals surface area contributed by atoms with Gasteiger partial charge >= 0.3 is 0 Å². The van der Waals surface area contributed by atoms with Gasteiger partial charge in [0.05, 0.1) is 36.2 Å². The van der Waals surface area contributed by atoms with Crippen LogP contribution in [0.3, 0.4) is 0 Å². The molecular weight excluding hydrogens is 382 g/mol. The molecule has 0 saturated heterocycles. The maximum Gasteiger partial charge on any atom is 0.271 e. The number of methoxy groups -OCH3 is 1. The molecule has 1 aromatic carbocycles. The van der Waals surface area contributed by atoms with Gasteiger partial charge in [-0.3, -0.25) is 14.4 Å². The van der Waals surface area contributed by atoms with E-state index in [4.69, 9.17) is 20.8 Å². The Labute approximate surface area is 165 Å². The summed E-state index contributed by atoms with van der Waals surface area (Å²) in [6.07, 6.45) is 2.86. The molecule has 0 atom stereocenters. The lowest BCUT2D eigenvalue weighted by molar-refractivity contribution is 0.397. The standard InChI is InChI=1S/C20H16ClN3O4/c1-12-15(9-22)19(25)24(11-14-4-3-7-28-14)20(26)16(12)10-23-13-5-6-18(27-2)17(21)8-13/h3-8,10,26H,11H2,1-2H3. The SMILES string of the molecule is COc1ccc(N=Cc2c(C)c(C#N)c(=O)n(Cc3ccco3)c2O)cc1Cl. The molecule has 8 heteroatoms. The summed E-state index contributed by atoms with van der Waals surface area (Å²) < 4.78 is 11.4. The van der Waals surface area contributed by atoms with E-state index in [-0.39, 0.29) is 23.6 Å². The quantitative estimate of drug-likeness (QED) is 0.660. The molecular formula is C20H16ClN3O4. The summed E-state index contributed by atoms with van der Waals surface area (Å²) in [5.74, 6) is 0.676. The van der Waals surface area contributed by atoms with Crippen LogP contribution in [0.1, 0.15) is 22.5 Å². The Hall–Kier alpha value is -3.50. The first kappa shape index (κ1) is 19.3. The van der Waals surface area contributed by atoms with Gasteiger partial charge in [0.25, 0.3) is 5.56 Å². The second-order valence-electron chi connectivity index (χ2n) is 5.90. The highest BCUT2D eigenvalue weighted by Gasteiger charge is 2.18. The van der Waals surface area contributed by atoms with E-state index in [0.29, 0.717) is 27.8 Å².